The van der Waals surface area contributed by atoms with E-state index in [-0.39, 0.29) is 18.7 Å². The van der Waals surface area contributed by atoms with E-state index < -0.39 is 47.8 Å². The first kappa shape index (κ1) is 40.1. The first-order valence-electron chi connectivity index (χ1n) is 15.7. The zero-order valence-electron chi connectivity index (χ0n) is 28.5. The van der Waals surface area contributed by atoms with Crippen molar-refractivity contribution >= 4 is 35.6 Å². The second kappa shape index (κ2) is 22.5. The number of benzene rings is 3. The van der Waals surface area contributed by atoms with Crippen LogP contribution in [0.1, 0.15) is 57.3 Å². The summed E-state index contributed by atoms with van der Waals surface area (Å²) in [5.74, 6) is -2.73. The molecule has 3 aromatic carbocycles. The highest BCUT2D eigenvalue weighted by molar-refractivity contribution is 5.98. The molecule has 50 heavy (non-hydrogen) atoms. The van der Waals surface area contributed by atoms with Gasteiger partial charge in [0, 0.05) is 16.7 Å². The van der Waals surface area contributed by atoms with Gasteiger partial charge in [0.25, 0.3) is 17.7 Å². The molecule has 0 bridgehead atoms. The molecule has 3 aromatic rings. The number of esters is 3. The lowest BCUT2D eigenvalue weighted by Gasteiger charge is -2.16. The zero-order valence-corrected chi connectivity index (χ0v) is 28.5. The Hall–Kier alpha value is -6.04. The fourth-order valence-corrected chi connectivity index (χ4v) is 4.30. The average molecular weight is 686 g/mol. The summed E-state index contributed by atoms with van der Waals surface area (Å²) >= 11 is 0. The SMILES string of the molecule is CC=CC[C@H](NC(=O)c1ccccc1)C(=O)OC.COC(=O)[C@H](CC=CC[C@H](NC(=O)c1ccccc1)C(=O)OC)NC(=O)c1ccccc1. The molecule has 0 heterocycles. The van der Waals surface area contributed by atoms with Gasteiger partial charge in [-0.1, -0.05) is 78.9 Å². The molecule has 0 fully saturated rings. The summed E-state index contributed by atoms with van der Waals surface area (Å²) in [7, 11) is 3.78. The van der Waals surface area contributed by atoms with Crippen molar-refractivity contribution in [2.24, 2.45) is 0 Å². The second-order valence-corrected chi connectivity index (χ2v) is 10.5. The molecule has 0 aromatic heterocycles. The minimum absolute atomic E-state index is 0.145. The Labute approximate surface area is 291 Å². The maximum absolute atomic E-state index is 12.3. The Morgan fingerprint density at radius 3 is 0.980 bits per heavy atom. The first-order valence-corrected chi connectivity index (χ1v) is 15.7. The Kier molecular flexibility index (Phi) is 18.1. The number of ether oxygens (including phenoxy) is 3. The van der Waals surface area contributed by atoms with Crippen LogP contribution in [0.15, 0.2) is 115 Å². The number of amides is 3. The second-order valence-electron chi connectivity index (χ2n) is 10.5. The van der Waals surface area contributed by atoms with Gasteiger partial charge in [-0.25, -0.2) is 14.4 Å². The van der Waals surface area contributed by atoms with E-state index >= 15 is 0 Å². The maximum Gasteiger partial charge on any atom is 0.328 e. The molecule has 0 aliphatic rings. The highest BCUT2D eigenvalue weighted by Gasteiger charge is 2.23. The maximum atomic E-state index is 12.3. The van der Waals surface area contributed by atoms with Gasteiger partial charge in [0.1, 0.15) is 18.1 Å². The van der Waals surface area contributed by atoms with Gasteiger partial charge in [0.2, 0.25) is 0 Å². The standard InChI is InChI=1S/C24H26N2O6.C14H17NO3/c1-31-23(29)19(25-21(27)17-11-5-3-6-12-17)15-9-10-16-20(24(30)32-2)26-22(28)18-13-7-4-8-14-18;1-3-4-10-12(14(17)18-2)15-13(16)11-8-6-5-7-9-11/h3-14,19-20H,15-16H2,1-2H3,(H,25,27)(H,26,28);3-9,12H,10H2,1-2H3,(H,15,16)/t19-,20-;12-/m00/s1. The van der Waals surface area contributed by atoms with Crippen LogP contribution in [0, 0.1) is 0 Å². The average Bonchev–Trinajstić information content (AvgIpc) is 3.17. The van der Waals surface area contributed by atoms with Gasteiger partial charge in [-0.05, 0) is 62.6 Å². The Morgan fingerprint density at radius 1 is 0.480 bits per heavy atom. The molecular formula is C38H43N3O9. The molecule has 3 N–H and O–H groups in total. The van der Waals surface area contributed by atoms with Crippen molar-refractivity contribution in [1.29, 1.82) is 0 Å². The molecule has 0 spiro atoms. The highest BCUT2D eigenvalue weighted by atomic mass is 16.5. The van der Waals surface area contributed by atoms with Crippen molar-refractivity contribution in [3.63, 3.8) is 0 Å². The van der Waals surface area contributed by atoms with Gasteiger partial charge in [0.15, 0.2) is 0 Å². The van der Waals surface area contributed by atoms with Crippen molar-refractivity contribution in [2.75, 3.05) is 21.3 Å². The van der Waals surface area contributed by atoms with Gasteiger partial charge in [-0.15, -0.1) is 0 Å². The number of rotatable bonds is 15. The lowest BCUT2D eigenvalue weighted by Crippen LogP contribution is -2.41. The lowest BCUT2D eigenvalue weighted by molar-refractivity contribution is -0.143. The molecule has 0 unspecified atom stereocenters. The fraction of sp³-hybridized carbons (Fsp3) is 0.263. The van der Waals surface area contributed by atoms with Crippen LogP contribution in [-0.4, -0.2) is 75.1 Å². The Bertz CT molecular complexity index is 1520. The zero-order chi connectivity index (χ0) is 36.7. The summed E-state index contributed by atoms with van der Waals surface area (Å²) in [6, 6.07) is 23.3. The molecular weight excluding hydrogens is 642 g/mol. The van der Waals surface area contributed by atoms with E-state index in [4.69, 9.17) is 9.47 Å². The van der Waals surface area contributed by atoms with E-state index in [1.165, 1.54) is 21.3 Å². The van der Waals surface area contributed by atoms with Crippen molar-refractivity contribution in [1.82, 2.24) is 16.0 Å². The number of carbonyl (C=O) groups is 6. The van der Waals surface area contributed by atoms with Crippen LogP contribution in [-0.2, 0) is 28.6 Å². The van der Waals surface area contributed by atoms with Gasteiger partial charge >= 0.3 is 17.9 Å². The molecule has 0 saturated carbocycles. The van der Waals surface area contributed by atoms with E-state index in [1.54, 1.807) is 97.1 Å². The summed E-state index contributed by atoms with van der Waals surface area (Å²) in [4.78, 5) is 72.2. The van der Waals surface area contributed by atoms with E-state index in [1.807, 2.05) is 25.1 Å². The van der Waals surface area contributed by atoms with Gasteiger partial charge in [0.05, 0.1) is 21.3 Å². The third-order valence-corrected chi connectivity index (χ3v) is 7.00. The van der Waals surface area contributed by atoms with E-state index in [2.05, 4.69) is 20.7 Å². The molecule has 3 amide bonds. The minimum Gasteiger partial charge on any atom is -0.467 e. The van der Waals surface area contributed by atoms with E-state index in [0.29, 0.717) is 23.1 Å². The van der Waals surface area contributed by atoms with Crippen LogP contribution in [0.25, 0.3) is 0 Å². The van der Waals surface area contributed by atoms with E-state index in [0.717, 1.165) is 0 Å². The number of hydrogen-bond acceptors (Lipinski definition) is 9. The van der Waals surface area contributed by atoms with Crippen molar-refractivity contribution in [3.8, 4) is 0 Å². The molecule has 0 aliphatic carbocycles. The quantitative estimate of drug-likeness (QED) is 0.121. The van der Waals surface area contributed by atoms with Crippen LogP contribution in [0.5, 0.6) is 0 Å². The van der Waals surface area contributed by atoms with Crippen molar-refractivity contribution < 1.29 is 43.0 Å². The Balaban J connectivity index is 0.000000407. The third kappa shape index (κ3) is 14.0. The number of methoxy groups -OCH3 is 3. The number of allylic oxidation sites excluding steroid dienone is 1. The normalized spacial score (nSPS) is 12.3. The van der Waals surface area contributed by atoms with Gasteiger partial charge in [-0.2, -0.15) is 0 Å². The van der Waals surface area contributed by atoms with Crippen LogP contribution < -0.4 is 16.0 Å². The smallest absolute Gasteiger partial charge is 0.328 e. The van der Waals surface area contributed by atoms with Crippen molar-refractivity contribution in [2.45, 2.75) is 44.3 Å². The van der Waals surface area contributed by atoms with E-state index in [9.17, 15) is 28.8 Å². The number of carbonyl (C=O) groups excluding carboxylic acids is 6. The lowest BCUT2D eigenvalue weighted by atomic mass is 10.1. The topological polar surface area (TPSA) is 166 Å². The predicted octanol–water partition coefficient (Wildman–Crippen LogP) is 4.19. The molecule has 0 aliphatic heterocycles. The molecule has 0 radical (unpaired) electrons. The molecule has 12 heteroatoms. The van der Waals surface area contributed by atoms with Gasteiger partial charge in [-0.3, -0.25) is 14.4 Å². The highest BCUT2D eigenvalue weighted by Crippen LogP contribution is 2.07. The number of nitrogens with one attached hydrogen (secondary N) is 3. The summed E-state index contributed by atoms with van der Waals surface area (Å²) in [5.41, 5.74) is 1.35. The molecule has 3 rings (SSSR count). The summed E-state index contributed by atoms with van der Waals surface area (Å²) in [6.07, 6.45) is 7.62. The van der Waals surface area contributed by atoms with Crippen LogP contribution in [0.2, 0.25) is 0 Å². The van der Waals surface area contributed by atoms with Crippen LogP contribution in [0.4, 0.5) is 0 Å². The fourth-order valence-electron chi connectivity index (χ4n) is 4.30. The third-order valence-electron chi connectivity index (χ3n) is 7.00. The molecule has 3 atom stereocenters. The molecule has 264 valence electrons. The number of hydrogen-bond donors (Lipinski definition) is 3. The van der Waals surface area contributed by atoms with Crippen LogP contribution >= 0.6 is 0 Å². The summed E-state index contributed by atoms with van der Waals surface area (Å²) < 4.78 is 14.2. The van der Waals surface area contributed by atoms with Gasteiger partial charge < -0.3 is 30.2 Å². The molecule has 12 nitrogen and oxygen atoms in total. The first-order chi connectivity index (χ1) is 24.1. The summed E-state index contributed by atoms with van der Waals surface area (Å²) in [5, 5.41) is 7.92. The summed E-state index contributed by atoms with van der Waals surface area (Å²) in [6.45, 7) is 1.85. The monoisotopic (exact) mass is 685 g/mol. The minimum atomic E-state index is -0.903. The molecule has 0 saturated heterocycles. The van der Waals surface area contributed by atoms with Crippen molar-refractivity contribution in [3.05, 3.63) is 132 Å². The largest absolute Gasteiger partial charge is 0.467 e. The van der Waals surface area contributed by atoms with Crippen LogP contribution in [0.3, 0.4) is 0 Å². The predicted molar refractivity (Wildman–Crippen MR) is 187 cm³/mol. The Morgan fingerprint density at radius 2 is 0.740 bits per heavy atom.